The van der Waals surface area contributed by atoms with Crippen molar-refractivity contribution in [2.45, 2.75) is 84.3 Å². The van der Waals surface area contributed by atoms with Crippen LogP contribution in [-0.4, -0.2) is 22.8 Å². The van der Waals surface area contributed by atoms with Gasteiger partial charge in [0.2, 0.25) is 0 Å². The maximum atomic E-state index is 11.2. The summed E-state index contributed by atoms with van der Waals surface area (Å²) in [6.07, 6.45) is 7.17. The smallest absolute Gasteiger partial charge is 0.335 e. The van der Waals surface area contributed by atoms with Gasteiger partial charge in [-0.3, -0.25) is 0 Å². The maximum Gasteiger partial charge on any atom is 0.335 e. The van der Waals surface area contributed by atoms with Gasteiger partial charge >= 0.3 is 5.97 Å². The molecule has 0 aliphatic carbocycles. The topological polar surface area (TPSA) is 46.5 Å². The zero-order valence-corrected chi connectivity index (χ0v) is 11.8. The van der Waals surface area contributed by atoms with Gasteiger partial charge in [-0.2, -0.15) is 0 Å². The molecule has 0 aromatic rings. The standard InChI is InChI=1S/C14H28O3/c1-5-7-8-9-10-12(3)17-14(4,11-6-2)13(15)16/h12H,5-11H2,1-4H3,(H,15,16). The van der Waals surface area contributed by atoms with Crippen LogP contribution in [0.2, 0.25) is 0 Å². The largest absolute Gasteiger partial charge is 0.479 e. The van der Waals surface area contributed by atoms with Crippen molar-refractivity contribution in [3.8, 4) is 0 Å². The molecule has 0 aromatic heterocycles. The first-order chi connectivity index (χ1) is 7.96. The van der Waals surface area contributed by atoms with Gasteiger partial charge in [-0.15, -0.1) is 0 Å². The van der Waals surface area contributed by atoms with E-state index < -0.39 is 11.6 Å². The molecular weight excluding hydrogens is 216 g/mol. The van der Waals surface area contributed by atoms with Gasteiger partial charge in [-0.1, -0.05) is 46.0 Å². The molecule has 0 heterocycles. The van der Waals surface area contributed by atoms with Crippen molar-refractivity contribution in [2.24, 2.45) is 0 Å². The Balaban J connectivity index is 4.04. The van der Waals surface area contributed by atoms with Crippen LogP contribution in [0.1, 0.15) is 72.6 Å². The van der Waals surface area contributed by atoms with E-state index in [1.165, 1.54) is 19.3 Å². The third-order valence-corrected chi connectivity index (χ3v) is 3.10. The zero-order valence-electron chi connectivity index (χ0n) is 11.8. The number of aliphatic carboxylic acids is 1. The summed E-state index contributed by atoms with van der Waals surface area (Å²) in [4.78, 5) is 11.2. The van der Waals surface area contributed by atoms with E-state index in [1.807, 2.05) is 13.8 Å². The molecular formula is C14H28O3. The Hall–Kier alpha value is -0.570. The molecule has 0 radical (unpaired) electrons. The average molecular weight is 244 g/mol. The lowest BCUT2D eigenvalue weighted by Crippen LogP contribution is -2.40. The Morgan fingerprint density at radius 2 is 1.88 bits per heavy atom. The molecule has 102 valence electrons. The highest BCUT2D eigenvalue weighted by Crippen LogP contribution is 2.22. The van der Waals surface area contributed by atoms with Gasteiger partial charge in [0.25, 0.3) is 0 Å². The molecule has 0 saturated carbocycles. The molecule has 1 N–H and O–H groups in total. The van der Waals surface area contributed by atoms with Crippen molar-refractivity contribution >= 4 is 5.97 Å². The molecule has 2 unspecified atom stereocenters. The molecule has 17 heavy (non-hydrogen) atoms. The van der Waals surface area contributed by atoms with Crippen molar-refractivity contribution < 1.29 is 14.6 Å². The van der Waals surface area contributed by atoms with E-state index in [9.17, 15) is 9.90 Å². The summed E-state index contributed by atoms with van der Waals surface area (Å²) >= 11 is 0. The summed E-state index contributed by atoms with van der Waals surface area (Å²) in [5.74, 6) is -0.847. The number of ether oxygens (including phenoxy) is 1. The molecule has 0 aliphatic heterocycles. The highest BCUT2D eigenvalue weighted by molar-refractivity contribution is 5.76. The molecule has 0 aromatic carbocycles. The lowest BCUT2D eigenvalue weighted by Gasteiger charge is -2.28. The fourth-order valence-corrected chi connectivity index (χ4v) is 2.05. The summed E-state index contributed by atoms with van der Waals surface area (Å²) in [6, 6.07) is 0. The molecule has 0 saturated heterocycles. The normalized spacial score (nSPS) is 16.5. The van der Waals surface area contributed by atoms with Crippen LogP contribution in [0.3, 0.4) is 0 Å². The molecule has 0 rings (SSSR count). The minimum atomic E-state index is -1.01. The van der Waals surface area contributed by atoms with Crippen molar-refractivity contribution in [3.63, 3.8) is 0 Å². The van der Waals surface area contributed by atoms with Gasteiger partial charge in [-0.05, 0) is 26.7 Å². The van der Waals surface area contributed by atoms with Crippen LogP contribution in [0.15, 0.2) is 0 Å². The number of carbonyl (C=O) groups is 1. The van der Waals surface area contributed by atoms with E-state index in [0.717, 1.165) is 19.3 Å². The second kappa shape index (κ2) is 8.51. The molecule has 3 heteroatoms. The fourth-order valence-electron chi connectivity index (χ4n) is 2.05. The van der Waals surface area contributed by atoms with Crippen LogP contribution in [0, 0.1) is 0 Å². The predicted octanol–water partition coefficient (Wildman–Crippen LogP) is 4.01. The van der Waals surface area contributed by atoms with Crippen molar-refractivity contribution in [1.29, 1.82) is 0 Å². The second-order valence-corrected chi connectivity index (χ2v) is 5.06. The monoisotopic (exact) mass is 244 g/mol. The van der Waals surface area contributed by atoms with Crippen LogP contribution in [0.25, 0.3) is 0 Å². The van der Waals surface area contributed by atoms with E-state index in [4.69, 9.17) is 4.74 Å². The quantitative estimate of drug-likeness (QED) is 0.591. The number of hydrogen-bond donors (Lipinski definition) is 1. The average Bonchev–Trinajstić information content (AvgIpc) is 2.24. The number of carboxylic acid groups (broad SMARTS) is 1. The SMILES string of the molecule is CCCCCCC(C)OC(C)(CCC)C(=O)O. The summed E-state index contributed by atoms with van der Waals surface area (Å²) in [5, 5.41) is 9.20. The summed E-state index contributed by atoms with van der Waals surface area (Å²) in [6.45, 7) is 7.82. The highest BCUT2D eigenvalue weighted by atomic mass is 16.5. The molecule has 0 aliphatic rings. The van der Waals surface area contributed by atoms with E-state index in [-0.39, 0.29) is 6.10 Å². The number of rotatable bonds is 10. The maximum absolute atomic E-state index is 11.2. The minimum Gasteiger partial charge on any atom is -0.479 e. The second-order valence-electron chi connectivity index (χ2n) is 5.06. The molecule has 0 fully saturated rings. The minimum absolute atomic E-state index is 0.0273. The van der Waals surface area contributed by atoms with Crippen molar-refractivity contribution in [3.05, 3.63) is 0 Å². The Morgan fingerprint density at radius 1 is 1.24 bits per heavy atom. The van der Waals surface area contributed by atoms with E-state index in [1.54, 1.807) is 6.92 Å². The van der Waals surface area contributed by atoms with E-state index >= 15 is 0 Å². The first-order valence-electron chi connectivity index (χ1n) is 6.87. The Bertz CT molecular complexity index is 216. The van der Waals surface area contributed by atoms with Gasteiger partial charge < -0.3 is 9.84 Å². The predicted molar refractivity (Wildman–Crippen MR) is 70.3 cm³/mol. The molecule has 3 nitrogen and oxygen atoms in total. The van der Waals surface area contributed by atoms with Crippen LogP contribution >= 0.6 is 0 Å². The highest BCUT2D eigenvalue weighted by Gasteiger charge is 2.34. The molecule has 0 bridgehead atoms. The van der Waals surface area contributed by atoms with Crippen molar-refractivity contribution in [1.82, 2.24) is 0 Å². The van der Waals surface area contributed by atoms with Gasteiger partial charge in [0.1, 0.15) is 0 Å². The Labute approximate surface area is 106 Å². The summed E-state index contributed by atoms with van der Waals surface area (Å²) in [5.41, 5.74) is -1.01. The number of carboxylic acids is 1. The first-order valence-corrected chi connectivity index (χ1v) is 6.87. The number of hydrogen-bond acceptors (Lipinski definition) is 2. The fraction of sp³-hybridized carbons (Fsp3) is 0.929. The van der Waals surface area contributed by atoms with Crippen molar-refractivity contribution in [2.75, 3.05) is 0 Å². The van der Waals surface area contributed by atoms with Crippen LogP contribution in [0.4, 0.5) is 0 Å². The summed E-state index contributed by atoms with van der Waals surface area (Å²) < 4.78 is 5.72. The first kappa shape index (κ1) is 16.4. The molecule has 0 spiro atoms. The Morgan fingerprint density at radius 3 is 2.35 bits per heavy atom. The lowest BCUT2D eigenvalue weighted by molar-refractivity contribution is -0.171. The van der Waals surface area contributed by atoms with E-state index in [2.05, 4.69) is 6.92 Å². The van der Waals surface area contributed by atoms with E-state index in [0.29, 0.717) is 6.42 Å². The van der Waals surface area contributed by atoms with Crippen LogP contribution in [0.5, 0.6) is 0 Å². The van der Waals surface area contributed by atoms with Gasteiger partial charge in [-0.25, -0.2) is 4.79 Å². The lowest BCUT2D eigenvalue weighted by atomic mass is 10.00. The Kier molecular flexibility index (Phi) is 8.23. The third-order valence-electron chi connectivity index (χ3n) is 3.10. The zero-order chi connectivity index (χ0) is 13.3. The van der Waals surface area contributed by atoms with Crippen LogP contribution in [-0.2, 0) is 9.53 Å². The van der Waals surface area contributed by atoms with Gasteiger partial charge in [0, 0.05) is 0 Å². The number of unbranched alkanes of at least 4 members (excludes halogenated alkanes) is 3. The molecule has 2 atom stereocenters. The molecule has 0 amide bonds. The van der Waals surface area contributed by atoms with Gasteiger partial charge in [0.15, 0.2) is 5.60 Å². The van der Waals surface area contributed by atoms with Crippen LogP contribution < -0.4 is 0 Å². The van der Waals surface area contributed by atoms with Gasteiger partial charge in [0.05, 0.1) is 6.10 Å². The third kappa shape index (κ3) is 6.67. The summed E-state index contributed by atoms with van der Waals surface area (Å²) in [7, 11) is 0.